The van der Waals surface area contributed by atoms with Crippen LogP contribution in [-0.4, -0.2) is 38.9 Å². The maximum atomic E-state index is 12.3. The molecule has 5 nitrogen and oxygen atoms in total. The Labute approximate surface area is 122 Å². The molecule has 3 rings (SSSR count). The fourth-order valence-corrected chi connectivity index (χ4v) is 2.72. The minimum absolute atomic E-state index is 0.112. The zero-order valence-electron chi connectivity index (χ0n) is 10.9. The van der Waals surface area contributed by atoms with Crippen LogP contribution in [0.4, 0.5) is 0 Å². The molecule has 1 fully saturated rings. The van der Waals surface area contributed by atoms with Crippen molar-refractivity contribution in [2.75, 3.05) is 13.1 Å². The van der Waals surface area contributed by atoms with Gasteiger partial charge in [-0.3, -0.25) is 4.79 Å². The number of carbonyl (C=O) groups is 1. The third kappa shape index (κ3) is 2.67. The molecule has 1 aromatic heterocycles. The predicted octanol–water partition coefficient (Wildman–Crippen LogP) is 1.95. The molecule has 0 N–H and O–H groups in total. The lowest BCUT2D eigenvalue weighted by atomic mass is 10.1. The summed E-state index contributed by atoms with van der Waals surface area (Å²) in [5.41, 5.74) is 0.878. The van der Waals surface area contributed by atoms with E-state index < -0.39 is 0 Å². The Morgan fingerprint density at radius 3 is 3.00 bits per heavy atom. The number of benzene rings is 1. The molecule has 2 heterocycles. The summed E-state index contributed by atoms with van der Waals surface area (Å²) in [4.78, 5) is 14.2. The van der Waals surface area contributed by atoms with Crippen LogP contribution in [0, 0.1) is 0 Å². The van der Waals surface area contributed by atoms with Gasteiger partial charge in [-0.15, -0.1) is 5.10 Å². The van der Waals surface area contributed by atoms with E-state index in [0.717, 1.165) is 18.5 Å². The SMILES string of the molecule is O=C(Cc1ccccc1Cl)N1CC[C@H](n2ccnn2)C1. The first kappa shape index (κ1) is 13.1. The molecule has 0 aliphatic carbocycles. The molecule has 1 atom stereocenters. The van der Waals surface area contributed by atoms with Gasteiger partial charge < -0.3 is 4.90 Å². The molecule has 2 aromatic rings. The van der Waals surface area contributed by atoms with E-state index in [2.05, 4.69) is 10.3 Å². The number of hydrogen-bond donors (Lipinski definition) is 0. The Balaban J connectivity index is 1.63. The molecule has 0 spiro atoms. The average molecular weight is 291 g/mol. The monoisotopic (exact) mass is 290 g/mol. The highest BCUT2D eigenvalue weighted by Crippen LogP contribution is 2.22. The summed E-state index contributed by atoms with van der Waals surface area (Å²) in [7, 11) is 0. The highest BCUT2D eigenvalue weighted by atomic mass is 35.5. The van der Waals surface area contributed by atoms with Crippen LogP contribution in [0.3, 0.4) is 0 Å². The first-order valence-electron chi connectivity index (χ1n) is 6.61. The number of carbonyl (C=O) groups excluding carboxylic acids is 1. The van der Waals surface area contributed by atoms with E-state index in [-0.39, 0.29) is 11.9 Å². The smallest absolute Gasteiger partial charge is 0.227 e. The topological polar surface area (TPSA) is 51.0 Å². The molecule has 1 amide bonds. The number of hydrogen-bond acceptors (Lipinski definition) is 3. The first-order chi connectivity index (χ1) is 9.74. The Hall–Kier alpha value is -1.88. The molecule has 104 valence electrons. The lowest BCUT2D eigenvalue weighted by molar-refractivity contribution is -0.129. The minimum Gasteiger partial charge on any atom is -0.340 e. The maximum Gasteiger partial charge on any atom is 0.227 e. The summed E-state index contributed by atoms with van der Waals surface area (Å²) in [5, 5.41) is 8.45. The number of likely N-dealkylation sites (tertiary alicyclic amines) is 1. The quantitative estimate of drug-likeness (QED) is 0.868. The van der Waals surface area contributed by atoms with Gasteiger partial charge in [0, 0.05) is 24.3 Å². The number of amides is 1. The summed E-state index contributed by atoms with van der Waals surface area (Å²) in [6.45, 7) is 1.44. The van der Waals surface area contributed by atoms with Gasteiger partial charge in [0.25, 0.3) is 0 Å². The summed E-state index contributed by atoms with van der Waals surface area (Å²) < 4.78 is 1.82. The normalized spacial score (nSPS) is 18.4. The number of rotatable bonds is 3. The molecule has 1 saturated heterocycles. The van der Waals surface area contributed by atoms with Gasteiger partial charge in [0.15, 0.2) is 0 Å². The molecule has 20 heavy (non-hydrogen) atoms. The van der Waals surface area contributed by atoms with Crippen LogP contribution >= 0.6 is 11.6 Å². The van der Waals surface area contributed by atoms with Gasteiger partial charge in [-0.1, -0.05) is 35.0 Å². The van der Waals surface area contributed by atoms with Crippen molar-refractivity contribution in [3.05, 3.63) is 47.2 Å². The highest BCUT2D eigenvalue weighted by molar-refractivity contribution is 6.31. The van der Waals surface area contributed by atoms with Gasteiger partial charge >= 0.3 is 0 Å². The Kier molecular flexibility index (Phi) is 3.69. The molecule has 0 saturated carbocycles. The highest BCUT2D eigenvalue weighted by Gasteiger charge is 2.27. The molecule has 6 heteroatoms. The Bertz CT molecular complexity index is 599. The van der Waals surface area contributed by atoms with Gasteiger partial charge in [-0.25, -0.2) is 4.68 Å². The number of nitrogens with zero attached hydrogens (tertiary/aromatic N) is 4. The van der Waals surface area contributed by atoms with Crippen LogP contribution < -0.4 is 0 Å². The zero-order chi connectivity index (χ0) is 13.9. The van der Waals surface area contributed by atoms with E-state index in [1.54, 1.807) is 6.20 Å². The van der Waals surface area contributed by atoms with Crippen LogP contribution in [0.15, 0.2) is 36.7 Å². The van der Waals surface area contributed by atoms with Crippen LogP contribution in [0.1, 0.15) is 18.0 Å². The van der Waals surface area contributed by atoms with E-state index in [4.69, 9.17) is 11.6 Å². The minimum atomic E-state index is 0.112. The van der Waals surface area contributed by atoms with Crippen molar-refractivity contribution in [3.63, 3.8) is 0 Å². The van der Waals surface area contributed by atoms with Crippen LogP contribution in [-0.2, 0) is 11.2 Å². The summed E-state index contributed by atoms with van der Waals surface area (Å²) in [6, 6.07) is 7.70. The largest absolute Gasteiger partial charge is 0.340 e. The van der Waals surface area contributed by atoms with Gasteiger partial charge in [0.1, 0.15) is 0 Å². The lowest BCUT2D eigenvalue weighted by Gasteiger charge is -2.17. The zero-order valence-corrected chi connectivity index (χ0v) is 11.7. The lowest BCUT2D eigenvalue weighted by Crippen LogP contribution is -2.30. The molecule has 0 bridgehead atoms. The van der Waals surface area contributed by atoms with E-state index in [1.165, 1.54) is 0 Å². The Morgan fingerprint density at radius 2 is 2.25 bits per heavy atom. The number of halogens is 1. The van der Waals surface area contributed by atoms with Crippen LogP contribution in [0.25, 0.3) is 0 Å². The fourth-order valence-electron chi connectivity index (χ4n) is 2.51. The molecular formula is C14H15ClN4O. The van der Waals surface area contributed by atoms with Crippen molar-refractivity contribution >= 4 is 17.5 Å². The number of aromatic nitrogens is 3. The van der Waals surface area contributed by atoms with Crippen molar-refractivity contribution in [1.82, 2.24) is 19.9 Å². The third-order valence-corrected chi connectivity index (χ3v) is 4.00. The molecule has 1 aromatic carbocycles. The van der Waals surface area contributed by atoms with Crippen molar-refractivity contribution in [3.8, 4) is 0 Å². The van der Waals surface area contributed by atoms with E-state index >= 15 is 0 Å². The predicted molar refractivity (Wildman–Crippen MR) is 75.4 cm³/mol. The van der Waals surface area contributed by atoms with Gasteiger partial charge in [-0.05, 0) is 18.1 Å². The Morgan fingerprint density at radius 1 is 1.40 bits per heavy atom. The van der Waals surface area contributed by atoms with Crippen molar-refractivity contribution in [2.45, 2.75) is 18.9 Å². The summed E-state index contributed by atoms with van der Waals surface area (Å²) in [6.07, 6.45) is 4.77. The summed E-state index contributed by atoms with van der Waals surface area (Å²) >= 11 is 6.09. The third-order valence-electron chi connectivity index (χ3n) is 3.63. The van der Waals surface area contributed by atoms with Crippen molar-refractivity contribution in [1.29, 1.82) is 0 Å². The van der Waals surface area contributed by atoms with Gasteiger partial charge in [0.05, 0.1) is 18.7 Å². The van der Waals surface area contributed by atoms with E-state index in [0.29, 0.717) is 18.0 Å². The summed E-state index contributed by atoms with van der Waals surface area (Å²) in [5.74, 6) is 0.112. The second kappa shape index (κ2) is 5.63. The van der Waals surface area contributed by atoms with Crippen LogP contribution in [0.2, 0.25) is 5.02 Å². The van der Waals surface area contributed by atoms with E-state index in [9.17, 15) is 4.79 Å². The molecule has 0 radical (unpaired) electrons. The van der Waals surface area contributed by atoms with Crippen molar-refractivity contribution in [2.24, 2.45) is 0 Å². The fraction of sp³-hybridized carbons (Fsp3) is 0.357. The molecule has 0 unspecified atom stereocenters. The van der Waals surface area contributed by atoms with E-state index in [1.807, 2.05) is 40.0 Å². The second-order valence-electron chi connectivity index (χ2n) is 4.93. The molecular weight excluding hydrogens is 276 g/mol. The molecule has 1 aliphatic rings. The molecule has 1 aliphatic heterocycles. The average Bonchev–Trinajstić information content (AvgIpc) is 3.11. The standard InChI is InChI=1S/C14H15ClN4O/c15-13-4-2-1-3-11(13)9-14(20)18-7-5-12(10-18)19-8-6-16-17-19/h1-4,6,8,12H,5,7,9-10H2/t12-/m0/s1. The second-order valence-corrected chi connectivity index (χ2v) is 5.34. The first-order valence-corrected chi connectivity index (χ1v) is 6.99. The van der Waals surface area contributed by atoms with Gasteiger partial charge in [-0.2, -0.15) is 0 Å². The van der Waals surface area contributed by atoms with Crippen molar-refractivity contribution < 1.29 is 4.79 Å². The maximum absolute atomic E-state index is 12.3. The van der Waals surface area contributed by atoms with Crippen LogP contribution in [0.5, 0.6) is 0 Å². The van der Waals surface area contributed by atoms with Gasteiger partial charge in [0.2, 0.25) is 5.91 Å².